The monoisotopic (exact) mass is 337 g/mol. The van der Waals surface area contributed by atoms with Crippen molar-refractivity contribution in [1.82, 2.24) is 25.4 Å². The normalized spacial score (nSPS) is 18.7. The zero-order valence-electron chi connectivity index (χ0n) is 12.8. The Morgan fingerprint density at radius 1 is 1.43 bits per heavy atom. The molecule has 8 heteroatoms. The van der Waals surface area contributed by atoms with E-state index in [1.165, 1.54) is 6.33 Å². The van der Waals surface area contributed by atoms with E-state index in [0.717, 1.165) is 17.8 Å². The van der Waals surface area contributed by atoms with E-state index in [-0.39, 0.29) is 24.4 Å². The first-order valence-corrected chi connectivity index (χ1v) is 7.32. The number of hydrogen-bond donors (Lipinski definition) is 2. The summed E-state index contributed by atoms with van der Waals surface area (Å²) in [6.07, 6.45) is 2.73. The zero-order chi connectivity index (χ0) is 15.4. The topological polar surface area (TPSA) is 81.1 Å². The van der Waals surface area contributed by atoms with Crippen LogP contribution < -0.4 is 10.6 Å². The summed E-state index contributed by atoms with van der Waals surface area (Å²) in [5.74, 6) is -0.0833. The molecule has 2 atom stereocenters. The van der Waals surface area contributed by atoms with E-state index in [9.17, 15) is 4.79 Å². The summed E-state index contributed by atoms with van der Waals surface area (Å²) in [5.41, 5.74) is 1.96. The highest BCUT2D eigenvalue weighted by Gasteiger charge is 2.23. The standard InChI is InChI=1S/C15H19N5O2.ClH/c1-11(19-15(21)14-8-16-6-7-22-14)12-2-4-13(5-3-12)20-10-17-9-18-20;/h2-5,9-11,14,16H,6-8H2,1H3,(H,19,21);1H. The van der Waals surface area contributed by atoms with Crippen LogP contribution in [0.5, 0.6) is 0 Å². The van der Waals surface area contributed by atoms with Crippen LogP contribution in [0, 0.1) is 0 Å². The number of nitrogens with zero attached hydrogens (tertiary/aromatic N) is 3. The minimum atomic E-state index is -0.411. The number of carbonyl (C=O) groups is 1. The molecule has 0 radical (unpaired) electrons. The Morgan fingerprint density at radius 3 is 2.83 bits per heavy atom. The summed E-state index contributed by atoms with van der Waals surface area (Å²) in [6.45, 7) is 3.88. The highest BCUT2D eigenvalue weighted by atomic mass is 35.5. The van der Waals surface area contributed by atoms with E-state index in [2.05, 4.69) is 20.7 Å². The van der Waals surface area contributed by atoms with Crippen LogP contribution in [0.4, 0.5) is 0 Å². The highest BCUT2D eigenvalue weighted by Crippen LogP contribution is 2.15. The van der Waals surface area contributed by atoms with Gasteiger partial charge in [-0.25, -0.2) is 9.67 Å². The molecule has 1 aliphatic heterocycles. The van der Waals surface area contributed by atoms with Gasteiger partial charge in [0.05, 0.1) is 18.3 Å². The van der Waals surface area contributed by atoms with Crippen molar-refractivity contribution in [2.45, 2.75) is 19.1 Å². The number of carbonyl (C=O) groups excluding carboxylic acids is 1. The molecular weight excluding hydrogens is 318 g/mol. The van der Waals surface area contributed by atoms with Crippen LogP contribution in [0.2, 0.25) is 0 Å². The Labute approximate surface area is 140 Å². The lowest BCUT2D eigenvalue weighted by atomic mass is 10.1. The maximum atomic E-state index is 12.1. The van der Waals surface area contributed by atoms with Gasteiger partial charge in [-0.3, -0.25) is 4.79 Å². The Bertz CT molecular complexity index is 611. The van der Waals surface area contributed by atoms with E-state index < -0.39 is 6.10 Å². The Balaban J connectivity index is 0.00000192. The maximum Gasteiger partial charge on any atom is 0.250 e. The van der Waals surface area contributed by atoms with Crippen molar-refractivity contribution in [2.75, 3.05) is 19.7 Å². The van der Waals surface area contributed by atoms with Crippen LogP contribution in [-0.2, 0) is 9.53 Å². The van der Waals surface area contributed by atoms with Gasteiger partial charge >= 0.3 is 0 Å². The second kappa shape index (κ2) is 8.05. The molecule has 7 nitrogen and oxygen atoms in total. The summed E-state index contributed by atoms with van der Waals surface area (Å²) in [6, 6.07) is 7.77. The Hall–Kier alpha value is -1.96. The molecule has 0 spiro atoms. The minimum absolute atomic E-state index is 0. The number of halogens is 1. The first kappa shape index (κ1) is 17.4. The predicted octanol–water partition coefficient (Wildman–Crippen LogP) is 0.855. The number of amides is 1. The van der Waals surface area contributed by atoms with Crippen LogP contribution in [0.3, 0.4) is 0 Å². The molecule has 1 amide bonds. The summed E-state index contributed by atoms with van der Waals surface area (Å²) in [4.78, 5) is 16.1. The number of ether oxygens (including phenoxy) is 1. The van der Waals surface area contributed by atoms with Gasteiger partial charge in [-0.2, -0.15) is 5.10 Å². The van der Waals surface area contributed by atoms with Crippen molar-refractivity contribution in [3.8, 4) is 5.69 Å². The van der Waals surface area contributed by atoms with E-state index in [1.807, 2.05) is 31.2 Å². The van der Waals surface area contributed by atoms with Crippen LogP contribution in [0.1, 0.15) is 18.5 Å². The zero-order valence-corrected chi connectivity index (χ0v) is 13.6. The van der Waals surface area contributed by atoms with E-state index >= 15 is 0 Å². The van der Waals surface area contributed by atoms with Gasteiger partial charge in [0.25, 0.3) is 5.91 Å². The van der Waals surface area contributed by atoms with Crippen LogP contribution in [0.25, 0.3) is 5.69 Å². The molecule has 1 saturated heterocycles. The van der Waals surface area contributed by atoms with Gasteiger partial charge in [0.1, 0.15) is 18.8 Å². The van der Waals surface area contributed by atoms with Crippen LogP contribution >= 0.6 is 12.4 Å². The molecule has 2 aromatic rings. The van der Waals surface area contributed by atoms with E-state index in [4.69, 9.17) is 4.74 Å². The fourth-order valence-corrected chi connectivity index (χ4v) is 2.38. The first-order valence-electron chi connectivity index (χ1n) is 7.32. The number of benzene rings is 1. The summed E-state index contributed by atoms with van der Waals surface area (Å²) in [7, 11) is 0. The highest BCUT2D eigenvalue weighted by molar-refractivity contribution is 5.85. The predicted molar refractivity (Wildman–Crippen MR) is 87.8 cm³/mol. The fourth-order valence-electron chi connectivity index (χ4n) is 2.38. The second-order valence-corrected chi connectivity index (χ2v) is 5.23. The fraction of sp³-hybridized carbons (Fsp3) is 0.400. The second-order valence-electron chi connectivity index (χ2n) is 5.23. The van der Waals surface area contributed by atoms with E-state index in [1.54, 1.807) is 11.0 Å². The first-order chi connectivity index (χ1) is 10.7. The molecule has 2 N–H and O–H groups in total. The Kier molecular flexibility index (Phi) is 6.09. The smallest absolute Gasteiger partial charge is 0.250 e. The lowest BCUT2D eigenvalue weighted by Crippen LogP contribution is -2.48. The molecule has 2 heterocycles. The number of morpholine rings is 1. The van der Waals surface area contributed by atoms with Crippen molar-refractivity contribution in [3.63, 3.8) is 0 Å². The third-order valence-electron chi connectivity index (χ3n) is 3.66. The SMILES string of the molecule is CC(NC(=O)C1CNCCO1)c1ccc(-n2cncn2)cc1.Cl. The van der Waals surface area contributed by atoms with Gasteiger partial charge in [-0.15, -0.1) is 12.4 Å². The molecule has 124 valence electrons. The van der Waals surface area contributed by atoms with Gasteiger partial charge in [0, 0.05) is 13.1 Å². The van der Waals surface area contributed by atoms with Gasteiger partial charge < -0.3 is 15.4 Å². The van der Waals surface area contributed by atoms with Gasteiger partial charge in [0.15, 0.2) is 0 Å². The molecule has 3 rings (SSSR count). The number of hydrogen-bond acceptors (Lipinski definition) is 5. The van der Waals surface area contributed by atoms with Crippen LogP contribution in [0.15, 0.2) is 36.9 Å². The van der Waals surface area contributed by atoms with Crippen molar-refractivity contribution in [3.05, 3.63) is 42.5 Å². The quantitative estimate of drug-likeness (QED) is 0.864. The molecule has 1 aromatic heterocycles. The lowest BCUT2D eigenvalue weighted by molar-refractivity contribution is -0.134. The molecule has 0 aliphatic carbocycles. The van der Waals surface area contributed by atoms with Gasteiger partial charge in [-0.1, -0.05) is 12.1 Å². The molecule has 1 fully saturated rings. The number of aromatic nitrogens is 3. The molecule has 23 heavy (non-hydrogen) atoms. The van der Waals surface area contributed by atoms with Crippen LogP contribution in [-0.4, -0.2) is 46.5 Å². The molecule has 1 aromatic carbocycles. The average molecular weight is 338 g/mol. The van der Waals surface area contributed by atoms with Crippen molar-refractivity contribution >= 4 is 18.3 Å². The van der Waals surface area contributed by atoms with Crippen molar-refractivity contribution < 1.29 is 9.53 Å². The summed E-state index contributed by atoms with van der Waals surface area (Å²) < 4.78 is 7.14. The maximum absolute atomic E-state index is 12.1. The molecular formula is C15H20ClN5O2. The summed E-state index contributed by atoms with van der Waals surface area (Å²) >= 11 is 0. The van der Waals surface area contributed by atoms with Gasteiger partial charge in [0.2, 0.25) is 0 Å². The van der Waals surface area contributed by atoms with Crippen molar-refractivity contribution in [2.24, 2.45) is 0 Å². The Morgan fingerprint density at radius 2 is 2.22 bits per heavy atom. The average Bonchev–Trinajstić information content (AvgIpc) is 3.10. The molecule has 0 bridgehead atoms. The number of rotatable bonds is 4. The molecule has 0 saturated carbocycles. The third-order valence-corrected chi connectivity index (χ3v) is 3.66. The summed E-state index contributed by atoms with van der Waals surface area (Å²) in [5, 5.41) is 10.2. The third kappa shape index (κ3) is 4.28. The molecule has 2 unspecified atom stereocenters. The van der Waals surface area contributed by atoms with Gasteiger partial charge in [-0.05, 0) is 24.6 Å². The largest absolute Gasteiger partial charge is 0.366 e. The minimum Gasteiger partial charge on any atom is -0.366 e. The number of nitrogens with one attached hydrogen (secondary N) is 2. The molecule has 1 aliphatic rings. The van der Waals surface area contributed by atoms with E-state index in [0.29, 0.717) is 13.2 Å². The lowest BCUT2D eigenvalue weighted by Gasteiger charge is -2.24. The van der Waals surface area contributed by atoms with Crippen molar-refractivity contribution in [1.29, 1.82) is 0 Å².